The van der Waals surface area contributed by atoms with Crippen molar-refractivity contribution in [3.05, 3.63) is 29.6 Å². The fraction of sp³-hybridized carbons (Fsp3) is 0.400. The first kappa shape index (κ1) is 9.04. The molecule has 0 bridgehead atoms. The Labute approximate surface area is 72.6 Å². The molecule has 0 heterocycles. The average molecular weight is 167 g/mol. The molecule has 0 unspecified atom stereocenters. The van der Waals surface area contributed by atoms with Gasteiger partial charge >= 0.3 is 0 Å². The second kappa shape index (κ2) is 4.10. The fourth-order valence-corrected chi connectivity index (χ4v) is 1.09. The van der Waals surface area contributed by atoms with E-state index in [1.165, 1.54) is 12.1 Å². The van der Waals surface area contributed by atoms with Gasteiger partial charge in [-0.1, -0.05) is 6.92 Å². The Morgan fingerprint density at radius 2 is 2.17 bits per heavy atom. The lowest BCUT2D eigenvalue weighted by atomic mass is 10.2. The molecule has 1 aromatic rings. The summed E-state index contributed by atoms with van der Waals surface area (Å²) in [4.78, 5) is 0. The third-order valence-corrected chi connectivity index (χ3v) is 1.75. The summed E-state index contributed by atoms with van der Waals surface area (Å²) in [6, 6.07) is 4.79. The standard InChI is InChI=1S/C10H14FN/c1-3-6-12-10-5-4-9(11)7-8(10)2/h4-5,7,12H,3,6H2,1-2H3. The van der Waals surface area contributed by atoms with E-state index in [0.29, 0.717) is 0 Å². The Balaban J connectivity index is 2.72. The molecule has 1 rings (SSSR count). The van der Waals surface area contributed by atoms with Crippen LogP contribution in [-0.4, -0.2) is 6.54 Å². The minimum atomic E-state index is -0.172. The molecule has 0 aliphatic rings. The van der Waals surface area contributed by atoms with Crippen molar-refractivity contribution in [2.24, 2.45) is 0 Å². The van der Waals surface area contributed by atoms with Crippen LogP contribution in [0.3, 0.4) is 0 Å². The lowest BCUT2D eigenvalue weighted by molar-refractivity contribution is 0.627. The quantitative estimate of drug-likeness (QED) is 0.729. The van der Waals surface area contributed by atoms with Crippen molar-refractivity contribution in [1.82, 2.24) is 0 Å². The van der Waals surface area contributed by atoms with Crippen molar-refractivity contribution in [2.75, 3.05) is 11.9 Å². The summed E-state index contributed by atoms with van der Waals surface area (Å²) in [5.41, 5.74) is 1.99. The van der Waals surface area contributed by atoms with Gasteiger partial charge in [0.05, 0.1) is 0 Å². The Morgan fingerprint density at radius 1 is 1.42 bits per heavy atom. The van der Waals surface area contributed by atoms with E-state index in [1.807, 2.05) is 6.92 Å². The second-order valence-electron chi connectivity index (χ2n) is 2.89. The molecule has 1 N–H and O–H groups in total. The van der Waals surface area contributed by atoms with Gasteiger partial charge in [0, 0.05) is 12.2 Å². The summed E-state index contributed by atoms with van der Waals surface area (Å²) in [6.07, 6.45) is 1.08. The molecule has 0 atom stereocenters. The highest BCUT2D eigenvalue weighted by Gasteiger charge is 1.97. The summed E-state index contributed by atoms with van der Waals surface area (Å²) in [5, 5.41) is 3.22. The van der Waals surface area contributed by atoms with Crippen LogP contribution in [0.15, 0.2) is 18.2 Å². The SMILES string of the molecule is CCCNc1ccc(F)cc1C. The Kier molecular flexibility index (Phi) is 3.09. The van der Waals surface area contributed by atoms with Crippen LogP contribution in [0.2, 0.25) is 0 Å². The molecule has 12 heavy (non-hydrogen) atoms. The van der Waals surface area contributed by atoms with Crippen LogP contribution in [-0.2, 0) is 0 Å². The van der Waals surface area contributed by atoms with Crippen LogP contribution < -0.4 is 5.32 Å². The molecule has 0 fully saturated rings. The lowest BCUT2D eigenvalue weighted by Gasteiger charge is -2.07. The predicted molar refractivity (Wildman–Crippen MR) is 49.9 cm³/mol. The summed E-state index contributed by atoms with van der Waals surface area (Å²) in [6.45, 7) is 4.94. The minimum Gasteiger partial charge on any atom is -0.385 e. The summed E-state index contributed by atoms with van der Waals surface area (Å²) in [5.74, 6) is -0.172. The molecule has 66 valence electrons. The van der Waals surface area contributed by atoms with E-state index in [0.717, 1.165) is 24.2 Å². The smallest absolute Gasteiger partial charge is 0.123 e. The van der Waals surface area contributed by atoms with E-state index in [4.69, 9.17) is 0 Å². The van der Waals surface area contributed by atoms with E-state index in [2.05, 4.69) is 12.2 Å². The number of benzene rings is 1. The van der Waals surface area contributed by atoms with Gasteiger partial charge in [-0.05, 0) is 37.1 Å². The van der Waals surface area contributed by atoms with Gasteiger partial charge in [-0.2, -0.15) is 0 Å². The first-order chi connectivity index (χ1) is 5.74. The molecule has 0 aliphatic heterocycles. The summed E-state index contributed by atoms with van der Waals surface area (Å²) >= 11 is 0. The van der Waals surface area contributed by atoms with Crippen molar-refractivity contribution >= 4 is 5.69 Å². The van der Waals surface area contributed by atoms with Crippen LogP contribution in [0, 0.1) is 12.7 Å². The Hall–Kier alpha value is -1.05. The molecular formula is C10H14FN. The third kappa shape index (κ3) is 2.22. The maximum atomic E-state index is 12.6. The van der Waals surface area contributed by atoms with Crippen LogP contribution in [0.5, 0.6) is 0 Å². The van der Waals surface area contributed by atoms with Crippen molar-refractivity contribution in [3.63, 3.8) is 0 Å². The maximum absolute atomic E-state index is 12.6. The van der Waals surface area contributed by atoms with E-state index in [-0.39, 0.29) is 5.82 Å². The third-order valence-electron chi connectivity index (χ3n) is 1.75. The van der Waals surface area contributed by atoms with Gasteiger partial charge in [-0.15, -0.1) is 0 Å². The second-order valence-corrected chi connectivity index (χ2v) is 2.89. The predicted octanol–water partition coefficient (Wildman–Crippen LogP) is 2.96. The summed E-state index contributed by atoms with van der Waals surface area (Å²) in [7, 11) is 0. The van der Waals surface area contributed by atoms with Gasteiger partial charge in [-0.3, -0.25) is 0 Å². The topological polar surface area (TPSA) is 12.0 Å². The Bertz CT molecular complexity index is 258. The number of hydrogen-bond acceptors (Lipinski definition) is 1. The molecule has 0 saturated carbocycles. The fourth-order valence-electron chi connectivity index (χ4n) is 1.09. The minimum absolute atomic E-state index is 0.172. The molecule has 0 saturated heterocycles. The number of rotatable bonds is 3. The van der Waals surface area contributed by atoms with Crippen LogP contribution >= 0.6 is 0 Å². The zero-order valence-electron chi connectivity index (χ0n) is 7.52. The zero-order chi connectivity index (χ0) is 8.97. The van der Waals surface area contributed by atoms with Gasteiger partial charge < -0.3 is 5.32 Å². The number of hydrogen-bond donors (Lipinski definition) is 1. The first-order valence-electron chi connectivity index (χ1n) is 4.24. The van der Waals surface area contributed by atoms with Gasteiger partial charge in [-0.25, -0.2) is 4.39 Å². The number of aryl methyl sites for hydroxylation is 1. The van der Waals surface area contributed by atoms with Crippen molar-refractivity contribution < 1.29 is 4.39 Å². The lowest BCUT2D eigenvalue weighted by Crippen LogP contribution is -2.01. The highest BCUT2D eigenvalue weighted by atomic mass is 19.1. The highest BCUT2D eigenvalue weighted by Crippen LogP contribution is 2.15. The molecule has 0 radical (unpaired) electrons. The van der Waals surface area contributed by atoms with Gasteiger partial charge in [0.1, 0.15) is 5.82 Å². The monoisotopic (exact) mass is 167 g/mol. The summed E-state index contributed by atoms with van der Waals surface area (Å²) < 4.78 is 12.6. The average Bonchev–Trinajstić information content (AvgIpc) is 2.03. The van der Waals surface area contributed by atoms with Gasteiger partial charge in [0.25, 0.3) is 0 Å². The normalized spacial score (nSPS) is 9.92. The number of nitrogens with one attached hydrogen (secondary N) is 1. The first-order valence-corrected chi connectivity index (χ1v) is 4.24. The molecule has 0 aromatic heterocycles. The van der Waals surface area contributed by atoms with E-state index < -0.39 is 0 Å². The van der Waals surface area contributed by atoms with Crippen LogP contribution in [0.4, 0.5) is 10.1 Å². The number of halogens is 1. The molecule has 1 nitrogen and oxygen atoms in total. The zero-order valence-corrected chi connectivity index (χ0v) is 7.52. The van der Waals surface area contributed by atoms with E-state index >= 15 is 0 Å². The van der Waals surface area contributed by atoms with Crippen LogP contribution in [0.1, 0.15) is 18.9 Å². The van der Waals surface area contributed by atoms with Crippen molar-refractivity contribution in [3.8, 4) is 0 Å². The largest absolute Gasteiger partial charge is 0.385 e. The van der Waals surface area contributed by atoms with Crippen molar-refractivity contribution in [2.45, 2.75) is 20.3 Å². The van der Waals surface area contributed by atoms with Crippen LogP contribution in [0.25, 0.3) is 0 Å². The molecule has 0 aliphatic carbocycles. The molecule has 0 amide bonds. The molecule has 2 heteroatoms. The molecule has 1 aromatic carbocycles. The van der Waals surface area contributed by atoms with Gasteiger partial charge in [0.15, 0.2) is 0 Å². The van der Waals surface area contributed by atoms with Gasteiger partial charge in [0.2, 0.25) is 0 Å². The Morgan fingerprint density at radius 3 is 2.75 bits per heavy atom. The van der Waals surface area contributed by atoms with Crippen molar-refractivity contribution in [1.29, 1.82) is 0 Å². The molecular weight excluding hydrogens is 153 g/mol. The maximum Gasteiger partial charge on any atom is 0.123 e. The van der Waals surface area contributed by atoms with E-state index in [1.54, 1.807) is 6.07 Å². The highest BCUT2D eigenvalue weighted by molar-refractivity contribution is 5.50. The number of anilines is 1. The molecule has 0 spiro atoms. The van der Waals surface area contributed by atoms with E-state index in [9.17, 15) is 4.39 Å².